The minimum Gasteiger partial charge on any atom is -0.352 e. The fourth-order valence-electron chi connectivity index (χ4n) is 2.72. The molecule has 0 aromatic heterocycles. The van der Waals surface area contributed by atoms with Gasteiger partial charge in [-0.3, -0.25) is 9.59 Å². The lowest BCUT2D eigenvalue weighted by Crippen LogP contribution is -2.49. The summed E-state index contributed by atoms with van der Waals surface area (Å²) in [5, 5.41) is 2.92. The maximum atomic E-state index is 12.3. The van der Waals surface area contributed by atoms with Gasteiger partial charge in [-0.2, -0.15) is 0 Å². The smallest absolute Gasteiger partial charge is 0.232 e. The maximum absolute atomic E-state index is 12.3. The summed E-state index contributed by atoms with van der Waals surface area (Å²) in [6.07, 6.45) is 1.92. The normalized spacial score (nSPS) is 18.1. The fourth-order valence-corrected chi connectivity index (χ4v) is 3.72. The summed E-state index contributed by atoms with van der Waals surface area (Å²) in [5.74, 6) is 1.52. The number of hydrogen-bond acceptors (Lipinski definition) is 3. The number of likely N-dealkylation sites (tertiary alicyclic amines) is 1. The van der Waals surface area contributed by atoms with Crippen LogP contribution in [0.25, 0.3) is 0 Å². The molecule has 1 aliphatic rings. The highest BCUT2D eigenvalue weighted by molar-refractivity contribution is 7.99. The van der Waals surface area contributed by atoms with Gasteiger partial charge in [0.15, 0.2) is 0 Å². The lowest BCUT2D eigenvalue weighted by atomic mass is 10.1. The highest BCUT2D eigenvalue weighted by Gasteiger charge is 2.23. The number of rotatable bonds is 5. The molecule has 1 aliphatic heterocycles. The van der Waals surface area contributed by atoms with Crippen molar-refractivity contribution in [1.82, 2.24) is 10.2 Å². The Bertz CT molecular complexity index is 533. The van der Waals surface area contributed by atoms with E-state index in [9.17, 15) is 9.59 Å². The van der Waals surface area contributed by atoms with E-state index >= 15 is 0 Å². The van der Waals surface area contributed by atoms with Gasteiger partial charge in [0.2, 0.25) is 11.8 Å². The third-order valence-corrected chi connectivity index (χ3v) is 4.89. The van der Waals surface area contributed by atoms with Gasteiger partial charge in [-0.1, -0.05) is 24.3 Å². The molecular weight excluding hydrogens is 296 g/mol. The third kappa shape index (κ3) is 5.05. The zero-order chi connectivity index (χ0) is 15.9. The van der Waals surface area contributed by atoms with Gasteiger partial charge in [0.1, 0.15) is 0 Å². The Morgan fingerprint density at radius 1 is 1.36 bits per heavy atom. The number of amides is 2. The van der Waals surface area contributed by atoms with Crippen LogP contribution in [0.15, 0.2) is 24.3 Å². The Balaban J connectivity index is 1.77. The van der Waals surface area contributed by atoms with E-state index in [4.69, 9.17) is 0 Å². The predicted molar refractivity (Wildman–Crippen MR) is 90.8 cm³/mol. The number of hydrogen-bond donors (Lipinski definition) is 1. The molecule has 4 nitrogen and oxygen atoms in total. The molecule has 120 valence electrons. The molecule has 0 radical (unpaired) electrons. The molecule has 1 atom stereocenters. The van der Waals surface area contributed by atoms with Crippen LogP contribution in [0.5, 0.6) is 0 Å². The number of nitrogens with one attached hydrogen (secondary N) is 1. The van der Waals surface area contributed by atoms with Crippen LogP contribution >= 0.6 is 11.8 Å². The first kappa shape index (κ1) is 16.9. The van der Waals surface area contributed by atoms with Gasteiger partial charge in [-0.05, 0) is 30.9 Å². The van der Waals surface area contributed by atoms with Crippen LogP contribution in [0, 0.1) is 6.92 Å². The highest BCUT2D eigenvalue weighted by atomic mass is 32.2. The van der Waals surface area contributed by atoms with Crippen molar-refractivity contribution in [2.75, 3.05) is 18.8 Å². The molecule has 1 fully saturated rings. The summed E-state index contributed by atoms with van der Waals surface area (Å²) in [6, 6.07) is 8.38. The average molecular weight is 320 g/mol. The van der Waals surface area contributed by atoms with E-state index in [0.29, 0.717) is 12.3 Å². The zero-order valence-electron chi connectivity index (χ0n) is 13.3. The summed E-state index contributed by atoms with van der Waals surface area (Å²) in [4.78, 5) is 25.3. The minimum absolute atomic E-state index is 0.0202. The second kappa shape index (κ2) is 8.22. The van der Waals surface area contributed by atoms with E-state index in [0.717, 1.165) is 25.1 Å². The minimum atomic E-state index is -0.0202. The van der Waals surface area contributed by atoms with Crippen molar-refractivity contribution in [2.45, 2.75) is 38.5 Å². The largest absolute Gasteiger partial charge is 0.352 e. The molecule has 1 heterocycles. The SMILES string of the molecule is CC(=O)NC1CCCN(C(=O)CSCc2ccccc2C)C1. The lowest BCUT2D eigenvalue weighted by Gasteiger charge is -2.33. The first-order valence-electron chi connectivity index (χ1n) is 7.73. The van der Waals surface area contributed by atoms with Gasteiger partial charge in [-0.25, -0.2) is 0 Å². The number of piperidine rings is 1. The van der Waals surface area contributed by atoms with E-state index < -0.39 is 0 Å². The molecule has 2 rings (SSSR count). The number of nitrogens with zero attached hydrogens (tertiary/aromatic N) is 1. The fraction of sp³-hybridized carbons (Fsp3) is 0.529. The second-order valence-corrected chi connectivity index (χ2v) is 6.78. The van der Waals surface area contributed by atoms with Crippen molar-refractivity contribution in [3.05, 3.63) is 35.4 Å². The van der Waals surface area contributed by atoms with Crippen LogP contribution in [0.3, 0.4) is 0 Å². The summed E-state index contributed by atoms with van der Waals surface area (Å²) >= 11 is 1.66. The highest BCUT2D eigenvalue weighted by Crippen LogP contribution is 2.17. The van der Waals surface area contributed by atoms with Crippen LogP contribution < -0.4 is 5.32 Å². The molecule has 0 spiro atoms. The van der Waals surface area contributed by atoms with Crippen molar-refractivity contribution < 1.29 is 9.59 Å². The monoisotopic (exact) mass is 320 g/mol. The number of aryl methyl sites for hydroxylation is 1. The molecule has 1 aromatic carbocycles. The molecule has 1 saturated heterocycles. The van der Waals surface area contributed by atoms with Crippen LogP contribution in [-0.2, 0) is 15.3 Å². The first-order valence-corrected chi connectivity index (χ1v) is 8.89. The van der Waals surface area contributed by atoms with Crippen LogP contribution in [0.4, 0.5) is 0 Å². The number of carbonyl (C=O) groups is 2. The second-order valence-electron chi connectivity index (χ2n) is 5.80. The Morgan fingerprint density at radius 3 is 2.86 bits per heavy atom. The van der Waals surface area contributed by atoms with Crippen LogP contribution in [0.1, 0.15) is 30.9 Å². The van der Waals surface area contributed by atoms with Crippen molar-refractivity contribution >= 4 is 23.6 Å². The topological polar surface area (TPSA) is 49.4 Å². The van der Waals surface area contributed by atoms with Gasteiger partial charge in [0.05, 0.1) is 5.75 Å². The summed E-state index contributed by atoms with van der Waals surface area (Å²) < 4.78 is 0. The van der Waals surface area contributed by atoms with E-state index in [1.54, 1.807) is 11.8 Å². The Labute approximate surface area is 136 Å². The summed E-state index contributed by atoms with van der Waals surface area (Å²) in [7, 11) is 0. The molecule has 2 amide bonds. The van der Waals surface area contributed by atoms with Crippen molar-refractivity contribution in [3.8, 4) is 0 Å². The molecule has 1 aromatic rings. The molecule has 1 N–H and O–H groups in total. The number of benzene rings is 1. The first-order chi connectivity index (χ1) is 10.6. The molecule has 0 aliphatic carbocycles. The van der Waals surface area contributed by atoms with E-state index in [-0.39, 0.29) is 17.9 Å². The van der Waals surface area contributed by atoms with Gasteiger partial charge in [-0.15, -0.1) is 11.8 Å². The van der Waals surface area contributed by atoms with Gasteiger partial charge in [0.25, 0.3) is 0 Å². The third-order valence-electron chi connectivity index (χ3n) is 3.93. The van der Waals surface area contributed by atoms with Gasteiger partial charge in [0, 0.05) is 31.8 Å². The van der Waals surface area contributed by atoms with E-state index in [1.165, 1.54) is 18.1 Å². The molecule has 0 bridgehead atoms. The predicted octanol–water partition coefficient (Wildman–Crippen LogP) is 2.36. The quantitative estimate of drug-likeness (QED) is 0.906. The molecule has 1 unspecified atom stereocenters. The Morgan fingerprint density at radius 2 is 2.14 bits per heavy atom. The van der Waals surface area contributed by atoms with Crippen molar-refractivity contribution in [2.24, 2.45) is 0 Å². The maximum Gasteiger partial charge on any atom is 0.232 e. The standard InChI is InChI=1S/C17H24N2O2S/c1-13-6-3-4-7-15(13)11-22-12-17(21)19-9-5-8-16(10-19)18-14(2)20/h3-4,6-7,16H,5,8-12H2,1-2H3,(H,18,20). The molecule has 22 heavy (non-hydrogen) atoms. The average Bonchev–Trinajstić information content (AvgIpc) is 2.48. The van der Waals surface area contributed by atoms with Gasteiger partial charge >= 0.3 is 0 Å². The van der Waals surface area contributed by atoms with E-state index in [2.05, 4.69) is 24.4 Å². The van der Waals surface area contributed by atoms with Crippen LogP contribution in [-0.4, -0.2) is 41.6 Å². The molecular formula is C17H24N2O2S. The van der Waals surface area contributed by atoms with E-state index in [1.807, 2.05) is 17.0 Å². The molecule has 5 heteroatoms. The Kier molecular flexibility index (Phi) is 6.31. The summed E-state index contributed by atoms with van der Waals surface area (Å²) in [5.41, 5.74) is 2.56. The summed E-state index contributed by atoms with van der Waals surface area (Å²) in [6.45, 7) is 5.07. The van der Waals surface area contributed by atoms with Gasteiger partial charge < -0.3 is 10.2 Å². The van der Waals surface area contributed by atoms with Crippen molar-refractivity contribution in [3.63, 3.8) is 0 Å². The number of thioether (sulfide) groups is 1. The Hall–Kier alpha value is -1.49. The zero-order valence-corrected chi connectivity index (χ0v) is 14.1. The molecule has 0 saturated carbocycles. The van der Waals surface area contributed by atoms with Crippen LogP contribution in [0.2, 0.25) is 0 Å². The number of carbonyl (C=O) groups excluding carboxylic acids is 2. The lowest BCUT2D eigenvalue weighted by molar-refractivity contribution is -0.130. The van der Waals surface area contributed by atoms with Crippen molar-refractivity contribution in [1.29, 1.82) is 0 Å².